The fourth-order valence-electron chi connectivity index (χ4n) is 3.01. The number of anilines is 3. The second-order valence-corrected chi connectivity index (χ2v) is 7.34. The van der Waals surface area contributed by atoms with Gasteiger partial charge in [-0.3, -0.25) is 4.79 Å². The van der Waals surface area contributed by atoms with Gasteiger partial charge in [0.2, 0.25) is 0 Å². The second kappa shape index (κ2) is 7.54. The van der Waals surface area contributed by atoms with Gasteiger partial charge in [-0.25, -0.2) is 0 Å². The van der Waals surface area contributed by atoms with Crippen LogP contribution in [0.25, 0.3) is 0 Å². The third-order valence-corrected chi connectivity index (χ3v) is 5.31. The monoisotopic (exact) mass is 377 g/mol. The molecule has 2 aromatic carbocycles. The standard InChI is InChI=1S/C19H21Cl2N3O/c1-12-6-8-24(9-7-12)18-5-3-14(22)11-17(18)23-19(25)13-2-4-15(20)16(21)10-13/h2-5,10-12H,6-9,22H2,1H3,(H,23,25). The quantitative estimate of drug-likeness (QED) is 0.734. The summed E-state index contributed by atoms with van der Waals surface area (Å²) in [7, 11) is 0. The molecule has 0 bridgehead atoms. The average Bonchev–Trinajstić information content (AvgIpc) is 2.58. The smallest absolute Gasteiger partial charge is 0.255 e. The molecule has 0 aliphatic carbocycles. The van der Waals surface area contributed by atoms with Gasteiger partial charge < -0.3 is 16.0 Å². The van der Waals surface area contributed by atoms with E-state index in [1.165, 1.54) is 0 Å². The molecule has 1 saturated heterocycles. The van der Waals surface area contributed by atoms with Gasteiger partial charge in [0.25, 0.3) is 5.91 Å². The van der Waals surface area contributed by atoms with Gasteiger partial charge >= 0.3 is 0 Å². The molecule has 6 heteroatoms. The van der Waals surface area contributed by atoms with E-state index in [-0.39, 0.29) is 5.91 Å². The molecule has 0 unspecified atom stereocenters. The van der Waals surface area contributed by atoms with E-state index in [0.717, 1.165) is 37.5 Å². The van der Waals surface area contributed by atoms with Crippen LogP contribution in [0.3, 0.4) is 0 Å². The Morgan fingerprint density at radius 1 is 1.12 bits per heavy atom. The molecule has 2 aromatic rings. The summed E-state index contributed by atoms with van der Waals surface area (Å²) in [5.41, 5.74) is 8.70. The number of halogens is 2. The van der Waals surface area contributed by atoms with Gasteiger partial charge in [0.15, 0.2) is 0 Å². The highest BCUT2D eigenvalue weighted by Crippen LogP contribution is 2.32. The van der Waals surface area contributed by atoms with Crippen LogP contribution < -0.4 is 16.0 Å². The first-order valence-corrected chi connectivity index (χ1v) is 9.10. The van der Waals surface area contributed by atoms with Crippen LogP contribution in [0.15, 0.2) is 36.4 Å². The molecule has 1 heterocycles. The number of amides is 1. The van der Waals surface area contributed by atoms with Crippen LogP contribution in [0.2, 0.25) is 10.0 Å². The highest BCUT2D eigenvalue weighted by atomic mass is 35.5. The Bertz CT molecular complexity index is 786. The van der Waals surface area contributed by atoms with Gasteiger partial charge in [0, 0.05) is 24.3 Å². The van der Waals surface area contributed by atoms with Crippen LogP contribution in [0, 0.1) is 5.92 Å². The summed E-state index contributed by atoms with van der Waals surface area (Å²) in [6, 6.07) is 10.5. The molecule has 1 amide bonds. The molecule has 0 atom stereocenters. The zero-order chi connectivity index (χ0) is 18.0. The molecule has 132 valence electrons. The van der Waals surface area contributed by atoms with E-state index in [0.29, 0.717) is 27.0 Å². The Balaban J connectivity index is 1.84. The van der Waals surface area contributed by atoms with Crippen molar-refractivity contribution >= 4 is 46.2 Å². The van der Waals surface area contributed by atoms with Crippen molar-refractivity contribution in [1.82, 2.24) is 0 Å². The van der Waals surface area contributed by atoms with Crippen molar-refractivity contribution in [3.8, 4) is 0 Å². The minimum absolute atomic E-state index is 0.240. The van der Waals surface area contributed by atoms with E-state index in [4.69, 9.17) is 28.9 Å². The van der Waals surface area contributed by atoms with Crippen molar-refractivity contribution in [3.63, 3.8) is 0 Å². The first-order valence-electron chi connectivity index (χ1n) is 8.35. The van der Waals surface area contributed by atoms with Crippen molar-refractivity contribution in [1.29, 1.82) is 0 Å². The molecule has 3 rings (SSSR count). The number of carbonyl (C=O) groups excluding carboxylic acids is 1. The van der Waals surface area contributed by atoms with Crippen LogP contribution in [-0.2, 0) is 0 Å². The summed E-state index contributed by atoms with van der Waals surface area (Å²) in [6.45, 7) is 4.22. The maximum absolute atomic E-state index is 12.6. The molecule has 0 radical (unpaired) electrons. The minimum Gasteiger partial charge on any atom is -0.399 e. The average molecular weight is 378 g/mol. The molecule has 0 saturated carbocycles. The molecule has 1 aliphatic rings. The van der Waals surface area contributed by atoms with E-state index in [1.807, 2.05) is 12.1 Å². The van der Waals surface area contributed by atoms with Gasteiger partial charge in [-0.2, -0.15) is 0 Å². The van der Waals surface area contributed by atoms with Crippen molar-refractivity contribution in [2.24, 2.45) is 5.92 Å². The largest absolute Gasteiger partial charge is 0.399 e. The van der Waals surface area contributed by atoms with Gasteiger partial charge in [-0.1, -0.05) is 30.1 Å². The van der Waals surface area contributed by atoms with E-state index < -0.39 is 0 Å². The van der Waals surface area contributed by atoms with Crippen LogP contribution in [0.5, 0.6) is 0 Å². The SMILES string of the molecule is CC1CCN(c2ccc(N)cc2NC(=O)c2ccc(Cl)c(Cl)c2)CC1. The number of hydrogen-bond acceptors (Lipinski definition) is 3. The summed E-state index contributed by atoms with van der Waals surface area (Å²) in [5, 5.41) is 3.74. The van der Waals surface area contributed by atoms with Gasteiger partial charge in [0.1, 0.15) is 0 Å². The first-order chi connectivity index (χ1) is 11.9. The fourth-order valence-corrected chi connectivity index (χ4v) is 3.31. The Hall–Kier alpha value is -1.91. The number of nitrogen functional groups attached to an aromatic ring is 1. The van der Waals surface area contributed by atoms with E-state index in [1.54, 1.807) is 24.3 Å². The van der Waals surface area contributed by atoms with Gasteiger partial charge in [0.05, 0.1) is 21.4 Å². The zero-order valence-corrected chi connectivity index (χ0v) is 15.6. The van der Waals surface area contributed by atoms with Crippen LogP contribution in [0.4, 0.5) is 17.1 Å². The summed E-state index contributed by atoms with van der Waals surface area (Å²) < 4.78 is 0. The maximum Gasteiger partial charge on any atom is 0.255 e. The molecule has 0 spiro atoms. The second-order valence-electron chi connectivity index (χ2n) is 6.53. The Morgan fingerprint density at radius 2 is 1.84 bits per heavy atom. The van der Waals surface area contributed by atoms with E-state index in [2.05, 4.69) is 17.1 Å². The van der Waals surface area contributed by atoms with E-state index >= 15 is 0 Å². The summed E-state index contributed by atoms with van der Waals surface area (Å²) >= 11 is 11.9. The lowest BCUT2D eigenvalue weighted by Crippen LogP contribution is -2.33. The summed E-state index contributed by atoms with van der Waals surface area (Å²) in [6.07, 6.45) is 2.29. The lowest BCUT2D eigenvalue weighted by molar-refractivity contribution is 0.102. The van der Waals surface area contributed by atoms with Crippen molar-refractivity contribution in [3.05, 3.63) is 52.0 Å². The number of rotatable bonds is 3. The van der Waals surface area contributed by atoms with Gasteiger partial charge in [-0.15, -0.1) is 0 Å². The molecular weight excluding hydrogens is 357 g/mol. The third-order valence-electron chi connectivity index (χ3n) is 4.57. The Morgan fingerprint density at radius 3 is 2.52 bits per heavy atom. The van der Waals surface area contributed by atoms with Crippen LogP contribution in [-0.4, -0.2) is 19.0 Å². The Labute approximate surface area is 157 Å². The van der Waals surface area contributed by atoms with Gasteiger partial charge in [-0.05, 0) is 55.2 Å². The summed E-state index contributed by atoms with van der Waals surface area (Å²) in [5.74, 6) is 0.495. The number of hydrogen-bond donors (Lipinski definition) is 2. The summed E-state index contributed by atoms with van der Waals surface area (Å²) in [4.78, 5) is 14.9. The predicted octanol–water partition coefficient (Wildman–Crippen LogP) is 5.06. The molecular formula is C19H21Cl2N3O. The molecule has 3 N–H and O–H groups in total. The maximum atomic E-state index is 12.6. The highest BCUT2D eigenvalue weighted by Gasteiger charge is 2.20. The minimum atomic E-state index is -0.240. The lowest BCUT2D eigenvalue weighted by atomic mass is 9.98. The zero-order valence-electron chi connectivity index (χ0n) is 14.1. The van der Waals surface area contributed by atoms with Crippen molar-refractivity contribution < 1.29 is 4.79 Å². The first kappa shape index (κ1) is 17.9. The highest BCUT2D eigenvalue weighted by molar-refractivity contribution is 6.42. The molecule has 1 aliphatic heterocycles. The topological polar surface area (TPSA) is 58.4 Å². The molecule has 0 aromatic heterocycles. The van der Waals surface area contributed by atoms with Crippen molar-refractivity contribution in [2.75, 3.05) is 29.0 Å². The number of benzene rings is 2. The Kier molecular flexibility index (Phi) is 5.40. The van der Waals surface area contributed by atoms with E-state index in [9.17, 15) is 4.79 Å². The number of carbonyl (C=O) groups is 1. The fraction of sp³-hybridized carbons (Fsp3) is 0.316. The normalized spacial score (nSPS) is 15.2. The number of nitrogens with one attached hydrogen (secondary N) is 1. The number of piperidine rings is 1. The third kappa shape index (κ3) is 4.20. The number of nitrogens with zero attached hydrogens (tertiary/aromatic N) is 1. The van der Waals surface area contributed by atoms with Crippen molar-refractivity contribution in [2.45, 2.75) is 19.8 Å². The lowest BCUT2D eigenvalue weighted by Gasteiger charge is -2.33. The molecule has 1 fully saturated rings. The molecule has 25 heavy (non-hydrogen) atoms. The van der Waals surface area contributed by atoms with Crippen LogP contribution in [0.1, 0.15) is 30.1 Å². The predicted molar refractivity (Wildman–Crippen MR) is 106 cm³/mol. The van der Waals surface area contributed by atoms with Crippen LogP contribution >= 0.6 is 23.2 Å². The number of nitrogens with two attached hydrogens (primary N) is 1. The molecule has 4 nitrogen and oxygen atoms in total.